The van der Waals surface area contributed by atoms with Crippen molar-refractivity contribution in [1.82, 2.24) is 4.90 Å². The van der Waals surface area contributed by atoms with Crippen molar-refractivity contribution in [3.05, 3.63) is 99.7 Å². The molecule has 2 amide bonds. The first-order valence-corrected chi connectivity index (χ1v) is 12.5. The zero-order valence-electron chi connectivity index (χ0n) is 20.4. The number of carbonyl (C=O) groups excluding carboxylic acids is 3. The Balaban J connectivity index is 1.35. The Hall–Kier alpha value is -4.99. The van der Waals surface area contributed by atoms with Gasteiger partial charge in [-0.1, -0.05) is 36.4 Å². The molecular weight excluding hydrogens is 502 g/mol. The number of nitro benzene ring substituents is 1. The first-order valence-electron chi connectivity index (χ1n) is 12.5. The molecule has 0 aromatic heterocycles. The number of rotatable bonds is 4. The van der Waals surface area contributed by atoms with E-state index in [2.05, 4.69) is 0 Å². The first kappa shape index (κ1) is 23.2. The van der Waals surface area contributed by atoms with Gasteiger partial charge in [-0.25, -0.2) is 4.90 Å². The zero-order valence-corrected chi connectivity index (χ0v) is 20.4. The van der Waals surface area contributed by atoms with Crippen LogP contribution in [0.5, 0.6) is 11.5 Å². The van der Waals surface area contributed by atoms with Crippen LogP contribution in [0.1, 0.15) is 27.5 Å². The predicted molar refractivity (Wildman–Crippen MR) is 138 cm³/mol. The number of ether oxygens (including phenoxy) is 2. The van der Waals surface area contributed by atoms with Crippen LogP contribution in [0.15, 0.2) is 72.9 Å². The van der Waals surface area contributed by atoms with Gasteiger partial charge in [-0.15, -0.1) is 0 Å². The molecule has 194 valence electrons. The lowest BCUT2D eigenvalue weighted by Crippen LogP contribution is -2.44. The molecule has 4 atom stereocenters. The lowest BCUT2D eigenvalue weighted by atomic mass is 9.83. The van der Waals surface area contributed by atoms with Gasteiger partial charge in [0.25, 0.3) is 5.69 Å². The maximum atomic E-state index is 14.1. The van der Waals surface area contributed by atoms with Crippen molar-refractivity contribution in [2.45, 2.75) is 12.1 Å². The van der Waals surface area contributed by atoms with Crippen molar-refractivity contribution >= 4 is 35.0 Å². The van der Waals surface area contributed by atoms with Crippen molar-refractivity contribution in [2.24, 2.45) is 11.8 Å². The Bertz CT molecular complexity index is 1620. The molecule has 3 aromatic carbocycles. The van der Waals surface area contributed by atoms with Crippen molar-refractivity contribution in [3.8, 4) is 11.5 Å². The summed E-state index contributed by atoms with van der Waals surface area (Å²) in [5.41, 5.74) is 1.97. The SMILES string of the molecule is O=C(c1cccc([N+](=O)[O-])c1)[C@H]1[C@H]2C(=O)N(c3ccc4c(c3)OCCO4)C(=O)[C@@H]2[C@H]2c3ccccc3C=CN21. The topological polar surface area (TPSA) is 119 Å². The van der Waals surface area contributed by atoms with Gasteiger partial charge in [-0.05, 0) is 29.3 Å². The molecule has 4 heterocycles. The van der Waals surface area contributed by atoms with E-state index in [1.807, 2.05) is 30.3 Å². The minimum Gasteiger partial charge on any atom is -0.486 e. The average Bonchev–Trinajstić information content (AvgIpc) is 3.44. The van der Waals surface area contributed by atoms with Crippen molar-refractivity contribution in [2.75, 3.05) is 18.1 Å². The van der Waals surface area contributed by atoms with Crippen molar-refractivity contribution in [3.63, 3.8) is 0 Å². The molecule has 0 spiro atoms. The summed E-state index contributed by atoms with van der Waals surface area (Å²) in [6, 6.07) is 16.4. The highest BCUT2D eigenvalue weighted by atomic mass is 16.6. The Morgan fingerprint density at radius 1 is 0.897 bits per heavy atom. The highest BCUT2D eigenvalue weighted by molar-refractivity contribution is 6.24. The summed E-state index contributed by atoms with van der Waals surface area (Å²) in [6.45, 7) is 0.757. The Morgan fingerprint density at radius 3 is 2.49 bits per heavy atom. The summed E-state index contributed by atoms with van der Waals surface area (Å²) < 4.78 is 11.3. The highest BCUT2D eigenvalue weighted by Gasteiger charge is 2.64. The maximum Gasteiger partial charge on any atom is 0.270 e. The van der Waals surface area contributed by atoms with E-state index >= 15 is 0 Å². The maximum absolute atomic E-state index is 14.1. The van der Waals surface area contributed by atoms with E-state index in [1.54, 1.807) is 29.3 Å². The molecule has 10 heteroatoms. The average molecular weight is 524 g/mol. The number of nitrogens with zero attached hydrogens (tertiary/aromatic N) is 3. The van der Waals surface area contributed by atoms with Gasteiger partial charge in [0.2, 0.25) is 11.8 Å². The molecule has 7 rings (SSSR count). The Morgan fingerprint density at radius 2 is 1.67 bits per heavy atom. The number of carbonyl (C=O) groups is 3. The molecule has 2 saturated heterocycles. The fourth-order valence-electron chi connectivity index (χ4n) is 6.23. The number of Topliss-reactive ketones (excluding diaryl/α,β-unsaturated/α-hetero) is 1. The fourth-order valence-corrected chi connectivity index (χ4v) is 6.23. The summed E-state index contributed by atoms with van der Waals surface area (Å²) in [7, 11) is 0. The molecule has 0 saturated carbocycles. The number of nitro groups is 1. The third-order valence-corrected chi connectivity index (χ3v) is 7.86. The van der Waals surface area contributed by atoms with Crippen molar-refractivity contribution in [1.29, 1.82) is 0 Å². The van der Waals surface area contributed by atoms with Crippen LogP contribution in [0.2, 0.25) is 0 Å². The number of non-ortho nitro benzene ring substituents is 1. The van der Waals surface area contributed by atoms with E-state index < -0.39 is 46.4 Å². The molecule has 0 radical (unpaired) electrons. The van der Waals surface area contributed by atoms with Crippen LogP contribution < -0.4 is 14.4 Å². The van der Waals surface area contributed by atoms with E-state index in [9.17, 15) is 24.5 Å². The number of hydrogen-bond acceptors (Lipinski definition) is 8. The third-order valence-electron chi connectivity index (χ3n) is 7.86. The molecule has 0 aliphatic carbocycles. The molecule has 0 unspecified atom stereocenters. The molecule has 2 fully saturated rings. The summed E-state index contributed by atoms with van der Waals surface area (Å²) in [5, 5.41) is 11.4. The molecule has 4 aliphatic rings. The highest BCUT2D eigenvalue weighted by Crippen LogP contribution is 2.54. The summed E-state index contributed by atoms with van der Waals surface area (Å²) in [4.78, 5) is 55.9. The molecule has 3 aromatic rings. The largest absolute Gasteiger partial charge is 0.486 e. The second-order valence-corrected chi connectivity index (χ2v) is 9.84. The van der Waals surface area contributed by atoms with E-state index in [-0.39, 0.29) is 11.3 Å². The Kier molecular flexibility index (Phi) is 5.06. The van der Waals surface area contributed by atoms with Gasteiger partial charge < -0.3 is 14.4 Å². The summed E-state index contributed by atoms with van der Waals surface area (Å²) in [5.74, 6) is -2.20. The zero-order chi connectivity index (χ0) is 26.8. The minimum atomic E-state index is -1.02. The second kappa shape index (κ2) is 8.52. The standard InChI is InChI=1S/C29H21N3O7/c33-27(17-5-3-6-19(14-17)32(36)37)26-24-23(25-20-7-2-1-4-16(20)10-11-30(25)26)28(34)31(29(24)35)18-8-9-21-22(15-18)39-13-12-38-21/h1-11,14-15,23-26H,12-13H2/t23-,24-,25+,26+/m0/s1. The van der Waals surface area contributed by atoms with E-state index in [0.717, 1.165) is 16.0 Å². The number of imide groups is 1. The number of ketones is 1. The molecular formula is C29H21N3O7. The molecule has 0 N–H and O–H groups in total. The van der Waals surface area contributed by atoms with Crippen LogP contribution in [0.3, 0.4) is 0 Å². The molecule has 4 aliphatic heterocycles. The smallest absolute Gasteiger partial charge is 0.270 e. The molecule has 0 bridgehead atoms. The quantitative estimate of drug-likeness (QED) is 0.219. The normalized spacial score (nSPS) is 24.3. The van der Waals surface area contributed by atoms with Gasteiger partial charge in [0.1, 0.15) is 19.3 Å². The predicted octanol–water partition coefficient (Wildman–Crippen LogP) is 3.76. The van der Waals surface area contributed by atoms with Gasteiger partial charge in [0.15, 0.2) is 17.3 Å². The molecule has 39 heavy (non-hydrogen) atoms. The van der Waals surface area contributed by atoms with Gasteiger partial charge in [-0.2, -0.15) is 0 Å². The van der Waals surface area contributed by atoms with Crippen LogP contribution in [-0.2, 0) is 9.59 Å². The van der Waals surface area contributed by atoms with Crippen molar-refractivity contribution < 1.29 is 28.8 Å². The van der Waals surface area contributed by atoms with Crippen LogP contribution in [0, 0.1) is 22.0 Å². The van der Waals surface area contributed by atoms with E-state index in [4.69, 9.17) is 9.47 Å². The number of benzene rings is 3. The number of hydrogen-bond donors (Lipinski definition) is 0. The monoisotopic (exact) mass is 523 g/mol. The number of anilines is 1. The summed E-state index contributed by atoms with van der Waals surface area (Å²) in [6.07, 6.45) is 3.61. The first-order chi connectivity index (χ1) is 18.9. The van der Waals surface area contributed by atoms with Crippen LogP contribution in [0.4, 0.5) is 11.4 Å². The minimum absolute atomic E-state index is 0.110. The fraction of sp³-hybridized carbons (Fsp3) is 0.207. The Labute approximate surface area is 222 Å². The third kappa shape index (κ3) is 3.37. The number of amides is 2. The van der Waals surface area contributed by atoms with E-state index in [1.165, 1.54) is 24.3 Å². The van der Waals surface area contributed by atoms with Crippen LogP contribution in [-0.4, -0.2) is 46.7 Å². The lowest BCUT2D eigenvalue weighted by molar-refractivity contribution is -0.384. The number of fused-ring (bicyclic) bond motifs is 6. The van der Waals surface area contributed by atoms with Crippen LogP contribution >= 0.6 is 0 Å². The second-order valence-electron chi connectivity index (χ2n) is 9.84. The lowest BCUT2D eigenvalue weighted by Gasteiger charge is -2.35. The summed E-state index contributed by atoms with van der Waals surface area (Å²) >= 11 is 0. The van der Waals surface area contributed by atoms with E-state index in [0.29, 0.717) is 30.4 Å². The van der Waals surface area contributed by atoms with Gasteiger partial charge in [0.05, 0.1) is 28.5 Å². The van der Waals surface area contributed by atoms with Gasteiger partial charge in [-0.3, -0.25) is 24.5 Å². The molecule has 10 nitrogen and oxygen atoms in total. The van der Waals surface area contributed by atoms with Gasteiger partial charge >= 0.3 is 0 Å². The van der Waals surface area contributed by atoms with Crippen LogP contribution in [0.25, 0.3) is 6.08 Å². The van der Waals surface area contributed by atoms with Gasteiger partial charge in [0, 0.05) is 30.0 Å².